The molecule has 90 valence electrons. The average Bonchev–Trinajstić information content (AvgIpc) is 2.71. The van der Waals surface area contributed by atoms with Gasteiger partial charge in [0.15, 0.2) is 0 Å². The lowest BCUT2D eigenvalue weighted by atomic mass is 9.89. The zero-order valence-electron chi connectivity index (χ0n) is 10.5. The van der Waals surface area contributed by atoms with E-state index in [9.17, 15) is 0 Å². The van der Waals surface area contributed by atoms with E-state index < -0.39 is 0 Å². The van der Waals surface area contributed by atoms with Crippen molar-refractivity contribution in [1.29, 1.82) is 0 Å². The number of fused-ring (bicyclic) bond motifs is 1. The van der Waals surface area contributed by atoms with Crippen molar-refractivity contribution in [1.82, 2.24) is 10.3 Å². The molecule has 2 nitrogen and oxygen atoms in total. The lowest BCUT2D eigenvalue weighted by Crippen LogP contribution is -2.14. The number of thiazole rings is 1. The predicted molar refractivity (Wildman–Crippen MR) is 70.3 cm³/mol. The van der Waals surface area contributed by atoms with Crippen LogP contribution in [0.25, 0.3) is 0 Å². The van der Waals surface area contributed by atoms with Gasteiger partial charge in [-0.3, -0.25) is 0 Å². The molecule has 1 aromatic rings. The van der Waals surface area contributed by atoms with E-state index in [-0.39, 0.29) is 0 Å². The van der Waals surface area contributed by atoms with Crippen LogP contribution >= 0.6 is 11.3 Å². The Morgan fingerprint density at radius 2 is 2.38 bits per heavy atom. The van der Waals surface area contributed by atoms with Gasteiger partial charge < -0.3 is 5.32 Å². The summed E-state index contributed by atoms with van der Waals surface area (Å²) >= 11 is 1.95. The first kappa shape index (κ1) is 12.1. The minimum absolute atomic E-state index is 0.556. The minimum Gasteiger partial charge on any atom is -0.319 e. The summed E-state index contributed by atoms with van der Waals surface area (Å²) in [5.74, 6) is 1.46. The van der Waals surface area contributed by atoms with E-state index in [0.717, 1.165) is 12.5 Å². The van der Waals surface area contributed by atoms with Crippen LogP contribution in [0.2, 0.25) is 0 Å². The highest BCUT2D eigenvalue weighted by Crippen LogP contribution is 2.33. The fourth-order valence-corrected chi connectivity index (χ4v) is 3.69. The Kier molecular flexibility index (Phi) is 3.98. The fourth-order valence-electron chi connectivity index (χ4n) is 2.42. The number of hydrogen-bond donors (Lipinski definition) is 1. The summed E-state index contributed by atoms with van der Waals surface area (Å²) in [6.07, 6.45) is 5.14. The molecule has 0 aromatic carbocycles. The maximum Gasteiger partial charge on any atom is 0.0971 e. The Morgan fingerprint density at radius 1 is 1.56 bits per heavy atom. The van der Waals surface area contributed by atoms with Crippen LogP contribution < -0.4 is 5.32 Å². The molecular weight excluding hydrogens is 216 g/mol. The zero-order valence-corrected chi connectivity index (χ0v) is 11.4. The topological polar surface area (TPSA) is 24.9 Å². The summed E-state index contributed by atoms with van der Waals surface area (Å²) in [6, 6.07) is 0. The molecule has 3 heteroatoms. The molecule has 0 spiro atoms. The molecule has 0 bridgehead atoms. The second-order valence-electron chi connectivity index (χ2n) is 4.90. The fraction of sp³-hybridized carbons (Fsp3) is 0.769. The molecule has 0 amide bonds. The SMILES string of the molecule is CCC1CCc2nc(C(C)CNC)sc2C1. The normalized spacial score (nSPS) is 21.8. The smallest absolute Gasteiger partial charge is 0.0971 e. The molecule has 0 radical (unpaired) electrons. The van der Waals surface area contributed by atoms with Gasteiger partial charge in [-0.2, -0.15) is 0 Å². The van der Waals surface area contributed by atoms with Gasteiger partial charge in [0.05, 0.1) is 10.7 Å². The molecule has 1 aromatic heterocycles. The molecule has 1 aliphatic carbocycles. The standard InChI is InChI=1S/C13H22N2S/c1-4-10-5-6-11-12(7-10)16-13(15-11)9(2)8-14-3/h9-10,14H,4-8H2,1-3H3. The summed E-state index contributed by atoms with van der Waals surface area (Å²) in [7, 11) is 2.01. The number of nitrogens with one attached hydrogen (secondary N) is 1. The van der Waals surface area contributed by atoms with Crippen LogP contribution in [0.5, 0.6) is 0 Å². The second-order valence-corrected chi connectivity index (χ2v) is 6.01. The van der Waals surface area contributed by atoms with Gasteiger partial charge >= 0.3 is 0 Å². The van der Waals surface area contributed by atoms with Crippen LogP contribution in [-0.2, 0) is 12.8 Å². The number of nitrogens with zero attached hydrogens (tertiary/aromatic N) is 1. The molecule has 0 saturated carbocycles. The number of likely N-dealkylation sites (N-methyl/N-ethyl adjacent to an activating group) is 1. The maximum absolute atomic E-state index is 4.82. The highest BCUT2D eigenvalue weighted by molar-refractivity contribution is 7.11. The Hall–Kier alpha value is -0.410. The second kappa shape index (κ2) is 5.28. The van der Waals surface area contributed by atoms with Gasteiger partial charge in [0.1, 0.15) is 0 Å². The summed E-state index contributed by atoms with van der Waals surface area (Å²) in [5, 5.41) is 4.56. The summed E-state index contributed by atoms with van der Waals surface area (Å²) in [4.78, 5) is 6.38. The van der Waals surface area contributed by atoms with Crippen LogP contribution in [0.1, 0.15) is 48.2 Å². The van der Waals surface area contributed by atoms with Crippen molar-refractivity contribution < 1.29 is 0 Å². The molecule has 16 heavy (non-hydrogen) atoms. The quantitative estimate of drug-likeness (QED) is 0.872. The van der Waals surface area contributed by atoms with Crippen molar-refractivity contribution in [3.63, 3.8) is 0 Å². The van der Waals surface area contributed by atoms with Crippen molar-refractivity contribution in [3.8, 4) is 0 Å². The molecule has 2 unspecified atom stereocenters. The first-order chi connectivity index (χ1) is 7.74. The van der Waals surface area contributed by atoms with Crippen LogP contribution in [0.4, 0.5) is 0 Å². The van der Waals surface area contributed by atoms with Gasteiger partial charge in [-0.05, 0) is 32.2 Å². The van der Waals surface area contributed by atoms with Gasteiger partial charge in [-0.1, -0.05) is 20.3 Å². The van der Waals surface area contributed by atoms with Crippen molar-refractivity contribution in [2.75, 3.05) is 13.6 Å². The number of aromatic nitrogens is 1. The van der Waals surface area contributed by atoms with E-state index in [4.69, 9.17) is 4.98 Å². The minimum atomic E-state index is 0.556. The van der Waals surface area contributed by atoms with Gasteiger partial charge in [0.25, 0.3) is 0 Å². The molecule has 1 heterocycles. The van der Waals surface area contributed by atoms with Crippen molar-refractivity contribution >= 4 is 11.3 Å². The van der Waals surface area contributed by atoms with Gasteiger partial charge in [-0.15, -0.1) is 11.3 Å². The summed E-state index contributed by atoms with van der Waals surface area (Å²) in [6.45, 7) is 5.60. The molecule has 1 aliphatic rings. The molecule has 0 saturated heterocycles. The molecule has 2 atom stereocenters. The van der Waals surface area contributed by atoms with E-state index in [2.05, 4.69) is 19.2 Å². The third kappa shape index (κ3) is 2.46. The number of rotatable bonds is 4. The Bertz CT molecular complexity index is 346. The van der Waals surface area contributed by atoms with E-state index >= 15 is 0 Å². The predicted octanol–water partition coefficient (Wildman–Crippen LogP) is 2.98. The van der Waals surface area contributed by atoms with Crippen molar-refractivity contribution in [2.24, 2.45) is 5.92 Å². The highest BCUT2D eigenvalue weighted by atomic mass is 32.1. The van der Waals surface area contributed by atoms with Crippen molar-refractivity contribution in [3.05, 3.63) is 15.6 Å². The molecule has 1 N–H and O–H groups in total. The van der Waals surface area contributed by atoms with E-state index in [1.807, 2.05) is 18.4 Å². The first-order valence-electron chi connectivity index (χ1n) is 6.37. The number of aryl methyl sites for hydroxylation is 1. The summed E-state index contributed by atoms with van der Waals surface area (Å²) in [5.41, 5.74) is 1.40. The largest absolute Gasteiger partial charge is 0.319 e. The van der Waals surface area contributed by atoms with Crippen LogP contribution in [0.3, 0.4) is 0 Å². The molecule has 0 aliphatic heterocycles. The van der Waals surface area contributed by atoms with Gasteiger partial charge in [0, 0.05) is 17.3 Å². The van der Waals surface area contributed by atoms with Crippen LogP contribution in [0.15, 0.2) is 0 Å². The summed E-state index contributed by atoms with van der Waals surface area (Å²) < 4.78 is 0. The van der Waals surface area contributed by atoms with Gasteiger partial charge in [0.2, 0.25) is 0 Å². The number of hydrogen-bond acceptors (Lipinski definition) is 3. The highest BCUT2D eigenvalue weighted by Gasteiger charge is 2.22. The van der Waals surface area contributed by atoms with Crippen molar-refractivity contribution in [2.45, 2.75) is 45.4 Å². The Balaban J connectivity index is 2.11. The van der Waals surface area contributed by atoms with Crippen LogP contribution in [-0.4, -0.2) is 18.6 Å². The van der Waals surface area contributed by atoms with Gasteiger partial charge in [-0.25, -0.2) is 4.98 Å². The third-order valence-corrected chi connectivity index (χ3v) is 4.92. The Labute approximate surface area is 102 Å². The molecule has 0 fully saturated rings. The van der Waals surface area contributed by atoms with E-state index in [1.165, 1.54) is 36.4 Å². The van der Waals surface area contributed by atoms with E-state index in [1.54, 1.807) is 4.88 Å². The third-order valence-electron chi connectivity index (χ3n) is 3.57. The zero-order chi connectivity index (χ0) is 11.5. The average molecular weight is 238 g/mol. The molecular formula is C13H22N2S. The lowest BCUT2D eigenvalue weighted by molar-refractivity contribution is 0.445. The van der Waals surface area contributed by atoms with E-state index in [0.29, 0.717) is 5.92 Å². The maximum atomic E-state index is 4.82. The monoisotopic (exact) mass is 238 g/mol. The molecule has 2 rings (SSSR count). The first-order valence-corrected chi connectivity index (χ1v) is 7.19. The Morgan fingerprint density at radius 3 is 3.06 bits per heavy atom. The lowest BCUT2D eigenvalue weighted by Gasteiger charge is -2.18. The van der Waals surface area contributed by atoms with Crippen LogP contribution in [0, 0.1) is 5.92 Å².